The van der Waals surface area contributed by atoms with Crippen LogP contribution in [0.15, 0.2) is 78.0 Å². The van der Waals surface area contributed by atoms with Gasteiger partial charge in [0, 0.05) is 5.25 Å². The average Bonchev–Trinajstić information content (AvgIpc) is 2.84. The lowest BCUT2D eigenvalue weighted by Gasteiger charge is -2.51. The summed E-state index contributed by atoms with van der Waals surface area (Å²) < 4.78 is 5.23. The van der Waals surface area contributed by atoms with Crippen LogP contribution in [0.4, 0.5) is 0 Å². The zero-order valence-corrected chi connectivity index (χ0v) is 19.7. The van der Waals surface area contributed by atoms with Crippen LogP contribution in [0.25, 0.3) is 0 Å². The number of methoxy groups -OCH3 is 1. The van der Waals surface area contributed by atoms with E-state index in [1.807, 2.05) is 61.5 Å². The summed E-state index contributed by atoms with van der Waals surface area (Å²) in [5, 5.41) is 12.1. The van der Waals surface area contributed by atoms with Gasteiger partial charge in [-0.05, 0) is 42.2 Å². The number of carbonyl (C=O) groups is 3. The highest BCUT2D eigenvalue weighted by molar-refractivity contribution is 8.00. The third-order valence-corrected chi connectivity index (χ3v) is 7.37. The zero-order chi connectivity index (χ0) is 24.2. The van der Waals surface area contributed by atoms with Gasteiger partial charge >= 0.3 is 5.97 Å². The van der Waals surface area contributed by atoms with E-state index in [0.717, 1.165) is 16.9 Å². The molecule has 2 aliphatic heterocycles. The summed E-state index contributed by atoms with van der Waals surface area (Å²) in [5.74, 6) is -1.08. The van der Waals surface area contributed by atoms with Crippen molar-refractivity contribution in [2.75, 3.05) is 7.11 Å². The van der Waals surface area contributed by atoms with Crippen molar-refractivity contribution in [2.45, 2.75) is 36.4 Å². The Bertz CT molecular complexity index is 1140. The lowest BCUT2D eigenvalue weighted by atomic mass is 9.96. The van der Waals surface area contributed by atoms with Crippen molar-refractivity contribution in [3.63, 3.8) is 0 Å². The van der Waals surface area contributed by atoms with E-state index < -0.39 is 23.3 Å². The molecule has 8 heteroatoms. The highest BCUT2D eigenvalue weighted by atomic mass is 32.2. The third-order valence-electron chi connectivity index (χ3n) is 5.86. The Kier molecular flexibility index (Phi) is 7.07. The molecule has 1 saturated heterocycles. The molecule has 7 nitrogen and oxygen atoms in total. The van der Waals surface area contributed by atoms with Gasteiger partial charge in [0.25, 0.3) is 5.91 Å². The smallest absolute Gasteiger partial charge is 0.352 e. The van der Waals surface area contributed by atoms with Crippen molar-refractivity contribution in [2.24, 2.45) is 0 Å². The van der Waals surface area contributed by atoms with Crippen molar-refractivity contribution < 1.29 is 24.2 Å². The summed E-state index contributed by atoms with van der Waals surface area (Å²) in [5.41, 5.74) is 2.45. The van der Waals surface area contributed by atoms with Crippen LogP contribution in [0.2, 0.25) is 0 Å². The topological polar surface area (TPSA) is 95.9 Å². The van der Waals surface area contributed by atoms with Gasteiger partial charge in [-0.1, -0.05) is 54.6 Å². The van der Waals surface area contributed by atoms with Gasteiger partial charge in [0.05, 0.1) is 13.5 Å². The zero-order valence-electron chi connectivity index (χ0n) is 18.9. The van der Waals surface area contributed by atoms with Gasteiger partial charge in [-0.15, -0.1) is 11.8 Å². The molecule has 0 saturated carbocycles. The van der Waals surface area contributed by atoms with E-state index in [0.29, 0.717) is 12.0 Å². The predicted molar refractivity (Wildman–Crippen MR) is 130 cm³/mol. The Hall–Kier alpha value is -3.52. The average molecular weight is 479 g/mol. The Balaban J connectivity index is 1.58. The predicted octanol–water partition coefficient (Wildman–Crippen LogP) is 3.16. The van der Waals surface area contributed by atoms with E-state index in [1.54, 1.807) is 19.3 Å². The molecule has 0 radical (unpaired) electrons. The number of aliphatic carboxylic acids is 1. The monoisotopic (exact) mass is 478 g/mol. The summed E-state index contributed by atoms with van der Waals surface area (Å²) in [6.45, 7) is 1.82. The van der Waals surface area contributed by atoms with Crippen LogP contribution in [0.5, 0.6) is 5.75 Å². The number of hydrogen-bond donors (Lipinski definition) is 2. The van der Waals surface area contributed by atoms with Crippen molar-refractivity contribution in [3.8, 4) is 5.75 Å². The summed E-state index contributed by atoms with van der Waals surface area (Å²) in [4.78, 5) is 39.1. The van der Waals surface area contributed by atoms with Gasteiger partial charge < -0.3 is 15.2 Å². The highest BCUT2D eigenvalue weighted by Crippen LogP contribution is 2.45. The number of carboxylic acid groups (broad SMARTS) is 1. The molecular formula is C26H26N2O5S. The first-order chi connectivity index (χ1) is 16.4. The molecule has 2 heterocycles. The third kappa shape index (κ3) is 4.72. The van der Waals surface area contributed by atoms with Gasteiger partial charge in [-0.25, -0.2) is 4.79 Å². The molecule has 1 fully saturated rings. The van der Waals surface area contributed by atoms with Crippen LogP contribution in [-0.2, 0) is 27.2 Å². The van der Waals surface area contributed by atoms with Crippen LogP contribution in [-0.4, -0.2) is 51.6 Å². The molecule has 2 N–H and O–H groups in total. The number of β-lactam (4-membered cyclic amide) rings is 1. The molecule has 0 aliphatic carbocycles. The number of nitrogens with one attached hydrogen (secondary N) is 1. The molecule has 4 rings (SSSR count). The maximum Gasteiger partial charge on any atom is 0.352 e. The minimum Gasteiger partial charge on any atom is -0.497 e. The molecule has 2 aromatic carbocycles. The van der Waals surface area contributed by atoms with Gasteiger partial charge in [0.2, 0.25) is 5.91 Å². The molecule has 176 valence electrons. The minimum absolute atomic E-state index is 0.0149. The lowest BCUT2D eigenvalue weighted by molar-refractivity contribution is -0.150. The quantitative estimate of drug-likeness (QED) is 0.566. The maximum absolute atomic E-state index is 12.9. The molecule has 2 amide bonds. The SMILES string of the molecule is CC=CC1=C(C(=O)O)N2C(=O)C(NC(=O)Cc3ccccc3)[C@H]2SC1Cc1ccc(OC)cc1. The van der Waals surface area contributed by atoms with Crippen LogP contribution in [0, 0.1) is 0 Å². The summed E-state index contributed by atoms with van der Waals surface area (Å²) in [7, 11) is 1.60. The number of allylic oxidation sites excluding steroid dienone is 2. The van der Waals surface area contributed by atoms with Crippen molar-refractivity contribution in [1.29, 1.82) is 0 Å². The fourth-order valence-electron chi connectivity index (χ4n) is 4.24. The number of benzene rings is 2. The van der Waals surface area contributed by atoms with E-state index in [4.69, 9.17) is 4.74 Å². The number of fused-ring (bicyclic) bond motifs is 1. The lowest BCUT2D eigenvalue weighted by Crippen LogP contribution is -2.71. The van der Waals surface area contributed by atoms with Gasteiger partial charge in [-0.3, -0.25) is 14.5 Å². The Labute approximate surface area is 202 Å². The number of thioether (sulfide) groups is 1. The van der Waals surface area contributed by atoms with E-state index in [2.05, 4.69) is 5.32 Å². The van der Waals surface area contributed by atoms with Crippen LogP contribution in [0.3, 0.4) is 0 Å². The minimum atomic E-state index is -1.15. The molecule has 2 unspecified atom stereocenters. The second-order valence-corrected chi connectivity index (χ2v) is 9.42. The van der Waals surface area contributed by atoms with Crippen LogP contribution < -0.4 is 10.1 Å². The number of carbonyl (C=O) groups excluding carboxylic acids is 2. The van der Waals surface area contributed by atoms with E-state index in [-0.39, 0.29) is 23.3 Å². The first-order valence-corrected chi connectivity index (χ1v) is 11.9. The van der Waals surface area contributed by atoms with Crippen LogP contribution >= 0.6 is 11.8 Å². The Morgan fingerprint density at radius 3 is 2.44 bits per heavy atom. The second-order valence-electron chi connectivity index (χ2n) is 8.09. The number of hydrogen-bond acceptors (Lipinski definition) is 5. The molecule has 0 spiro atoms. The molecule has 3 atom stereocenters. The number of nitrogens with zero attached hydrogens (tertiary/aromatic N) is 1. The molecule has 0 bridgehead atoms. The largest absolute Gasteiger partial charge is 0.497 e. The molecular weight excluding hydrogens is 452 g/mol. The number of ether oxygens (including phenoxy) is 1. The molecule has 0 aromatic heterocycles. The van der Waals surface area contributed by atoms with Crippen LogP contribution in [0.1, 0.15) is 18.1 Å². The first-order valence-electron chi connectivity index (χ1n) is 11.0. The first kappa shape index (κ1) is 23.6. The number of carboxylic acids is 1. The van der Waals surface area contributed by atoms with E-state index in [9.17, 15) is 19.5 Å². The number of rotatable bonds is 8. The van der Waals surface area contributed by atoms with E-state index in [1.165, 1.54) is 16.7 Å². The van der Waals surface area contributed by atoms with Gasteiger partial charge in [0.1, 0.15) is 22.9 Å². The fourth-order valence-corrected chi connectivity index (χ4v) is 5.87. The van der Waals surface area contributed by atoms with E-state index >= 15 is 0 Å². The van der Waals surface area contributed by atoms with Gasteiger partial charge in [0.15, 0.2) is 0 Å². The van der Waals surface area contributed by atoms with Crippen molar-refractivity contribution in [3.05, 3.63) is 89.1 Å². The summed E-state index contributed by atoms with van der Waals surface area (Å²) in [6.07, 6.45) is 4.27. The highest BCUT2D eigenvalue weighted by Gasteiger charge is 2.55. The fraction of sp³-hybridized carbons (Fsp3) is 0.269. The second kappa shape index (κ2) is 10.2. The standard InChI is InChI=1S/C26H26N2O5S/c1-3-7-19-20(14-17-10-12-18(33-2)13-11-17)34-25-22(24(30)28(25)23(19)26(31)32)27-21(29)15-16-8-5-4-6-9-16/h3-13,20,22,25H,14-15H2,1-2H3,(H,27,29)(H,31,32)/t20?,22?,25-/m1/s1. The Morgan fingerprint density at radius 2 is 1.82 bits per heavy atom. The maximum atomic E-state index is 12.9. The van der Waals surface area contributed by atoms with Gasteiger partial charge in [-0.2, -0.15) is 0 Å². The summed E-state index contributed by atoms with van der Waals surface area (Å²) >= 11 is 1.50. The normalized spacial score (nSPS) is 21.8. The molecule has 34 heavy (non-hydrogen) atoms. The summed E-state index contributed by atoms with van der Waals surface area (Å²) in [6, 6.07) is 16.2. The van der Waals surface area contributed by atoms with Crippen molar-refractivity contribution >= 4 is 29.5 Å². The molecule has 2 aliphatic rings. The number of amides is 2. The molecule has 2 aromatic rings. The Morgan fingerprint density at radius 1 is 1.12 bits per heavy atom. The van der Waals surface area contributed by atoms with Crippen molar-refractivity contribution in [1.82, 2.24) is 10.2 Å².